The van der Waals surface area contributed by atoms with E-state index in [9.17, 15) is 0 Å². The van der Waals surface area contributed by atoms with Crippen LogP contribution in [0.3, 0.4) is 0 Å². The Hall–Kier alpha value is -1.84. The van der Waals surface area contributed by atoms with Crippen LogP contribution in [0.15, 0.2) is 0 Å². The molecule has 0 heterocycles. The molecule has 0 saturated heterocycles. The maximum Gasteiger partial charge on any atom is 3.00 e. The minimum absolute atomic E-state index is 0. The van der Waals surface area contributed by atoms with Crippen molar-refractivity contribution >= 4 is 36.9 Å². The molecular weight excluding hydrogens is 747 g/mol. The Labute approximate surface area is 239 Å². The van der Waals surface area contributed by atoms with Crippen LogP contribution in [0.4, 0.5) is 28.8 Å². The second-order valence-electron chi connectivity index (χ2n) is 2.05. The summed E-state index contributed by atoms with van der Waals surface area (Å²) in [4.78, 5) is 68.0. The quantitative estimate of drug-likeness (QED) is 0.0760. The summed E-state index contributed by atoms with van der Waals surface area (Å²) in [6.07, 6.45) is -11.6. The second kappa shape index (κ2) is 47.1. The van der Waals surface area contributed by atoms with Crippen LogP contribution in [0, 0.1) is 85.0 Å². The molecule has 0 fully saturated rings. The fourth-order valence-electron chi connectivity index (χ4n) is 0. The summed E-state index contributed by atoms with van der Waals surface area (Å²) in [5.41, 5.74) is 0. The molecule has 0 atom stereocenters. The van der Waals surface area contributed by atoms with Crippen LogP contribution in [0.1, 0.15) is 0 Å². The van der Waals surface area contributed by atoms with E-state index in [-0.39, 0.29) is 85.0 Å². The molecule has 32 heavy (non-hydrogen) atoms. The molecule has 0 aromatic rings. The maximum absolute atomic E-state index is 8.78. The summed E-state index contributed by atoms with van der Waals surface area (Å²) in [6.45, 7) is 0. The number of hydrogen-bond acceptors (Lipinski definition) is 24. The summed E-state index contributed by atoms with van der Waals surface area (Å²) in [5, 5.41) is 94.6. The van der Waals surface area contributed by atoms with E-state index in [2.05, 4.69) is 29.3 Å². The smallest absolute Gasteiger partial charge is 0.424 e. The van der Waals surface area contributed by atoms with E-state index in [4.69, 9.17) is 90.9 Å². The predicted octanol–water partition coefficient (Wildman–Crippen LogP) is -7.08. The van der Waals surface area contributed by atoms with E-state index in [0.29, 0.717) is 0 Å². The van der Waals surface area contributed by atoms with Gasteiger partial charge in [-0.1, -0.05) is 0 Å². The van der Waals surface area contributed by atoms with Crippen molar-refractivity contribution in [2.45, 2.75) is 0 Å². The summed E-state index contributed by atoms with van der Waals surface area (Å²) in [7, 11) is 0. The Balaban J connectivity index is -0.0000000356. The van der Waals surface area contributed by atoms with Gasteiger partial charge in [-0.25, -0.2) is 0 Å². The average Bonchev–Trinajstić information content (AvgIpc) is 2.69. The normalized spacial score (nSPS) is 6.19. The zero-order chi connectivity index (χ0) is 25.7. The van der Waals surface area contributed by atoms with Crippen LogP contribution in [0.5, 0.6) is 0 Å². The molecule has 0 amide bonds. The molecule has 0 aliphatic carbocycles. The van der Waals surface area contributed by atoms with E-state index in [0.717, 1.165) is 0 Å². The van der Waals surface area contributed by atoms with Crippen molar-refractivity contribution in [3.63, 3.8) is 0 Å². The van der Waals surface area contributed by atoms with Gasteiger partial charge in [0.2, 0.25) is 0 Å². The van der Waals surface area contributed by atoms with Crippen LogP contribution >= 0.6 is 0 Å². The van der Waals surface area contributed by atoms with E-state index in [1.807, 2.05) is 0 Å². The number of hydrogen-bond donors (Lipinski definition) is 6. The zero-order valence-corrected chi connectivity index (χ0v) is 20.0. The topological polar surface area (TPSA) is 418 Å². The van der Waals surface area contributed by atoms with Gasteiger partial charge in [-0.05, 0) is 0 Å². The molecular formula is C6H6EuLaO24. The van der Waals surface area contributed by atoms with Crippen molar-refractivity contribution < 1.29 is 205 Å². The van der Waals surface area contributed by atoms with Crippen LogP contribution in [-0.2, 0) is 29.3 Å². The van der Waals surface area contributed by atoms with Crippen LogP contribution in [0.25, 0.3) is 0 Å². The van der Waals surface area contributed by atoms with Crippen molar-refractivity contribution in [1.29, 1.82) is 0 Å². The minimum atomic E-state index is -1.94. The van der Waals surface area contributed by atoms with Crippen LogP contribution < -0.4 is 30.6 Å². The molecule has 24 nitrogen and oxygen atoms in total. The third-order valence-corrected chi connectivity index (χ3v) is 0.447. The van der Waals surface area contributed by atoms with Gasteiger partial charge in [0.05, 0.1) is 0 Å². The third-order valence-electron chi connectivity index (χ3n) is 0.447. The molecule has 26 heteroatoms. The Kier molecular flexibility index (Phi) is 76.8. The zero-order valence-electron chi connectivity index (χ0n) is 14.0. The molecule has 0 unspecified atom stereocenters. The summed E-state index contributed by atoms with van der Waals surface area (Å²) < 4.78 is 0. The van der Waals surface area contributed by atoms with Crippen molar-refractivity contribution in [2.75, 3.05) is 0 Å². The Morgan fingerprint density at radius 1 is 0.375 bits per heavy atom. The first-order valence-electron chi connectivity index (χ1n) is 4.77. The third kappa shape index (κ3) is 201. The standard InChI is InChI=1S/6CH2O4.Eu.La/c6*2-1(3)5-4;;/h6*4H,(H,2,3);;/q;;;;;;2*+3/p-6. The van der Waals surface area contributed by atoms with E-state index in [1.54, 1.807) is 0 Å². The van der Waals surface area contributed by atoms with Crippen LogP contribution in [-0.4, -0.2) is 68.5 Å². The van der Waals surface area contributed by atoms with Crippen molar-refractivity contribution in [2.24, 2.45) is 0 Å². The van der Waals surface area contributed by atoms with E-state index in [1.165, 1.54) is 0 Å². The molecule has 6 N–H and O–H groups in total. The molecule has 0 rings (SSSR count). The minimum Gasteiger partial charge on any atom is -0.424 e. The SMILES string of the molecule is O=C([O-])OO.O=C([O-])OO.O=C([O-])OO.O=C([O-])OO.O=C([O-])OO.O=C([O-])OO.[Eu+3].[La+3]. The fourth-order valence-corrected chi connectivity index (χ4v) is 0. The maximum atomic E-state index is 8.78. The van der Waals surface area contributed by atoms with Gasteiger partial charge < -0.3 is 88.7 Å². The number of carbonyl (C=O) groups is 6. The first-order chi connectivity index (χ1) is 13.6. The van der Waals surface area contributed by atoms with Gasteiger partial charge in [-0.2, -0.15) is 0 Å². The van der Waals surface area contributed by atoms with E-state index >= 15 is 0 Å². The second-order valence-corrected chi connectivity index (χ2v) is 2.05. The molecule has 0 aliphatic rings. The average molecular weight is 753 g/mol. The number of carboxylic acid groups (broad SMARTS) is 6. The summed E-state index contributed by atoms with van der Waals surface area (Å²) in [5.74, 6) is 0. The van der Waals surface area contributed by atoms with Crippen molar-refractivity contribution in [3.05, 3.63) is 0 Å². The Bertz CT molecular complexity index is 355. The molecule has 0 saturated carbocycles. The van der Waals surface area contributed by atoms with Crippen LogP contribution in [0.2, 0.25) is 0 Å². The fraction of sp³-hybridized carbons (Fsp3) is 0. The molecule has 0 aromatic heterocycles. The summed E-state index contributed by atoms with van der Waals surface area (Å²) >= 11 is 0. The first-order valence-corrected chi connectivity index (χ1v) is 4.77. The van der Waals surface area contributed by atoms with Gasteiger partial charge in [-0.15, -0.1) is 0 Å². The summed E-state index contributed by atoms with van der Waals surface area (Å²) in [6, 6.07) is 0. The number of carbonyl (C=O) groups excluding carboxylic acids is 6. The van der Waals surface area contributed by atoms with Gasteiger partial charge in [0, 0.05) is 0 Å². The molecule has 0 bridgehead atoms. The molecule has 0 aliphatic heterocycles. The predicted molar refractivity (Wildman–Crippen MR) is 54.7 cm³/mol. The van der Waals surface area contributed by atoms with Gasteiger partial charge >= 0.3 is 85.0 Å². The van der Waals surface area contributed by atoms with E-state index < -0.39 is 36.9 Å². The van der Waals surface area contributed by atoms with Crippen molar-refractivity contribution in [3.8, 4) is 0 Å². The molecule has 184 valence electrons. The Morgan fingerprint density at radius 2 is 0.406 bits per heavy atom. The van der Waals surface area contributed by atoms with Gasteiger partial charge in [0.25, 0.3) is 36.9 Å². The Morgan fingerprint density at radius 3 is 0.406 bits per heavy atom. The molecule has 0 spiro atoms. The number of rotatable bonds is 0. The van der Waals surface area contributed by atoms with Crippen molar-refractivity contribution in [1.82, 2.24) is 0 Å². The van der Waals surface area contributed by atoms with Gasteiger partial charge in [0.15, 0.2) is 0 Å². The monoisotopic (exact) mass is 754 g/mol. The van der Waals surface area contributed by atoms with Gasteiger partial charge in [-0.3, -0.25) is 31.5 Å². The molecule has 0 aromatic carbocycles. The molecule has 0 radical (unpaired) electrons. The first kappa shape index (κ1) is 52.2. The largest absolute Gasteiger partial charge is 3.00 e. The van der Waals surface area contributed by atoms with Gasteiger partial charge in [0.1, 0.15) is 0 Å².